The largest absolute Gasteiger partial charge is 0.378 e. The van der Waals surface area contributed by atoms with Crippen molar-refractivity contribution in [2.75, 3.05) is 54.9 Å². The number of rotatable bonds is 2. The summed E-state index contributed by atoms with van der Waals surface area (Å²) in [6.07, 6.45) is 7.20. The Bertz CT molecular complexity index is 885. The molecule has 0 amide bonds. The van der Waals surface area contributed by atoms with Crippen molar-refractivity contribution in [1.82, 2.24) is 19.9 Å². The third-order valence-electron chi connectivity index (χ3n) is 6.14. The number of piperidine rings is 1. The number of aromatic nitrogens is 4. The number of morpholine rings is 1. The van der Waals surface area contributed by atoms with Gasteiger partial charge in [-0.2, -0.15) is 4.98 Å². The fourth-order valence-corrected chi connectivity index (χ4v) is 4.75. The Balaban J connectivity index is 1.44. The quantitative estimate of drug-likeness (QED) is 0.827. The van der Waals surface area contributed by atoms with Gasteiger partial charge in [-0.05, 0) is 31.2 Å². The predicted molar refractivity (Wildman–Crippen MR) is 103 cm³/mol. The summed E-state index contributed by atoms with van der Waals surface area (Å²) in [5.41, 5.74) is 8.07. The zero-order chi connectivity index (χ0) is 19.1. The minimum absolute atomic E-state index is 0.0541. The molecule has 148 valence electrons. The average molecular weight is 385 g/mol. The maximum atomic E-state index is 14.4. The van der Waals surface area contributed by atoms with Gasteiger partial charge in [-0.15, -0.1) is 0 Å². The number of hydrogen-bond acceptors (Lipinski definition) is 8. The smallest absolute Gasteiger partial charge is 0.227 e. The Labute approximate surface area is 163 Å². The van der Waals surface area contributed by atoms with E-state index in [2.05, 4.69) is 24.8 Å². The topological polar surface area (TPSA) is 93.3 Å². The van der Waals surface area contributed by atoms with Gasteiger partial charge in [0, 0.05) is 37.8 Å². The molecular weight excluding hydrogens is 361 g/mol. The molecule has 9 heteroatoms. The summed E-state index contributed by atoms with van der Waals surface area (Å²) in [5, 5.41) is 0. The van der Waals surface area contributed by atoms with E-state index in [1.165, 1.54) is 11.8 Å². The van der Waals surface area contributed by atoms with Gasteiger partial charge in [-0.1, -0.05) is 0 Å². The Morgan fingerprint density at radius 3 is 2.75 bits per heavy atom. The molecule has 8 nitrogen and oxygen atoms in total. The summed E-state index contributed by atoms with van der Waals surface area (Å²) >= 11 is 0. The molecule has 0 radical (unpaired) electrons. The molecule has 2 aromatic rings. The van der Waals surface area contributed by atoms with Gasteiger partial charge in [0.25, 0.3) is 0 Å². The van der Waals surface area contributed by atoms with Gasteiger partial charge in [-0.25, -0.2) is 19.3 Å². The van der Waals surface area contributed by atoms with Crippen LogP contribution in [0.1, 0.15) is 30.5 Å². The van der Waals surface area contributed by atoms with Crippen LogP contribution in [0.15, 0.2) is 12.4 Å². The monoisotopic (exact) mass is 385 g/mol. The van der Waals surface area contributed by atoms with Crippen molar-refractivity contribution in [2.24, 2.45) is 0 Å². The fraction of sp³-hybridized carbons (Fsp3) is 0.579. The second kappa shape index (κ2) is 6.80. The molecule has 1 spiro atoms. The molecule has 0 aromatic carbocycles. The normalized spacial score (nSPS) is 24.6. The summed E-state index contributed by atoms with van der Waals surface area (Å²) in [5.74, 6) is 0.887. The summed E-state index contributed by atoms with van der Waals surface area (Å²) in [6.45, 7) is 4.07. The second-order valence-electron chi connectivity index (χ2n) is 7.85. The van der Waals surface area contributed by atoms with Crippen molar-refractivity contribution in [3.05, 3.63) is 29.5 Å². The molecule has 2 fully saturated rings. The first-order chi connectivity index (χ1) is 13.6. The van der Waals surface area contributed by atoms with Crippen LogP contribution in [0.5, 0.6) is 0 Å². The number of nitrogens with zero attached hydrogens (tertiary/aromatic N) is 6. The lowest BCUT2D eigenvalue weighted by Gasteiger charge is -2.40. The third kappa shape index (κ3) is 2.94. The number of aryl methyl sites for hydroxylation is 1. The highest BCUT2D eigenvalue weighted by atomic mass is 19.1. The number of anilines is 3. The summed E-state index contributed by atoms with van der Waals surface area (Å²) in [6, 6.07) is 0. The molecular formula is C19H24FN7O. The van der Waals surface area contributed by atoms with Gasteiger partial charge in [0.2, 0.25) is 11.9 Å². The van der Waals surface area contributed by atoms with E-state index in [4.69, 9.17) is 10.5 Å². The van der Waals surface area contributed by atoms with Crippen molar-refractivity contribution in [3.63, 3.8) is 0 Å². The Hall–Kier alpha value is -2.55. The van der Waals surface area contributed by atoms with E-state index in [1.54, 1.807) is 0 Å². The number of fused-ring (bicyclic) bond motifs is 2. The van der Waals surface area contributed by atoms with Crippen LogP contribution in [0.25, 0.3) is 0 Å². The SMILES string of the molecule is Nc1ncc2c(n1)C1(CCCN(c3ncc(F)c(N4CCOCC4)n3)C1)CC2. The van der Waals surface area contributed by atoms with Crippen molar-refractivity contribution in [1.29, 1.82) is 0 Å². The molecule has 1 unspecified atom stereocenters. The second-order valence-corrected chi connectivity index (χ2v) is 7.85. The average Bonchev–Trinajstić information content (AvgIpc) is 3.06. The van der Waals surface area contributed by atoms with Crippen molar-refractivity contribution >= 4 is 17.7 Å². The predicted octanol–water partition coefficient (Wildman–Crippen LogP) is 1.31. The standard InChI is InChI=1S/C19H24FN7O/c20-14-11-23-18(25-16(14)26-6-8-28-9-7-26)27-5-1-3-19(12-27)4-2-13-10-22-17(21)24-15(13)19/h10-11H,1-9,12H2,(H2,21,22,24). The molecule has 2 aromatic heterocycles. The molecule has 2 saturated heterocycles. The van der Waals surface area contributed by atoms with Crippen molar-refractivity contribution < 1.29 is 9.13 Å². The molecule has 2 aliphatic heterocycles. The summed E-state index contributed by atoms with van der Waals surface area (Å²) in [4.78, 5) is 21.7. The van der Waals surface area contributed by atoms with Gasteiger partial charge in [0.05, 0.1) is 25.1 Å². The van der Waals surface area contributed by atoms with Gasteiger partial charge >= 0.3 is 0 Å². The van der Waals surface area contributed by atoms with Crippen LogP contribution in [-0.4, -0.2) is 59.3 Å². The molecule has 0 bridgehead atoms. The zero-order valence-electron chi connectivity index (χ0n) is 15.8. The van der Waals surface area contributed by atoms with Gasteiger partial charge < -0.3 is 20.3 Å². The third-order valence-corrected chi connectivity index (χ3v) is 6.14. The van der Waals surface area contributed by atoms with Crippen molar-refractivity contribution in [2.45, 2.75) is 31.1 Å². The summed E-state index contributed by atoms with van der Waals surface area (Å²) < 4.78 is 19.8. The molecule has 0 saturated carbocycles. The highest BCUT2D eigenvalue weighted by Crippen LogP contribution is 2.44. The van der Waals surface area contributed by atoms with E-state index in [9.17, 15) is 4.39 Å². The minimum Gasteiger partial charge on any atom is -0.378 e. The number of halogens is 1. The number of nitrogens with two attached hydrogens (primary N) is 1. The zero-order valence-corrected chi connectivity index (χ0v) is 15.8. The van der Waals surface area contributed by atoms with Gasteiger partial charge in [0.15, 0.2) is 11.6 Å². The van der Waals surface area contributed by atoms with Crippen LogP contribution in [-0.2, 0) is 16.6 Å². The number of hydrogen-bond donors (Lipinski definition) is 1. The molecule has 3 aliphatic rings. The highest BCUT2D eigenvalue weighted by Gasteiger charge is 2.44. The lowest BCUT2D eigenvalue weighted by atomic mass is 9.77. The van der Waals surface area contributed by atoms with Crippen LogP contribution in [0.3, 0.4) is 0 Å². The van der Waals surface area contributed by atoms with Crippen LogP contribution in [0.2, 0.25) is 0 Å². The number of ether oxygens (including phenoxy) is 1. The van der Waals surface area contributed by atoms with Gasteiger partial charge in [-0.3, -0.25) is 0 Å². The first-order valence-corrected chi connectivity index (χ1v) is 9.87. The first kappa shape index (κ1) is 17.5. The van der Waals surface area contributed by atoms with Crippen LogP contribution < -0.4 is 15.5 Å². The molecule has 1 aliphatic carbocycles. The van der Waals surface area contributed by atoms with Crippen LogP contribution in [0, 0.1) is 5.82 Å². The lowest BCUT2D eigenvalue weighted by molar-refractivity contribution is 0.122. The van der Waals surface area contributed by atoms with E-state index in [0.717, 1.165) is 44.5 Å². The Morgan fingerprint density at radius 1 is 1.04 bits per heavy atom. The van der Waals surface area contributed by atoms with Crippen LogP contribution >= 0.6 is 0 Å². The molecule has 2 N–H and O–H groups in total. The van der Waals surface area contributed by atoms with Crippen molar-refractivity contribution in [3.8, 4) is 0 Å². The maximum absolute atomic E-state index is 14.4. The molecule has 5 rings (SSSR count). The fourth-order valence-electron chi connectivity index (χ4n) is 4.75. The van der Waals surface area contributed by atoms with E-state index >= 15 is 0 Å². The molecule has 28 heavy (non-hydrogen) atoms. The Kier molecular flexibility index (Phi) is 4.26. The Morgan fingerprint density at radius 2 is 1.89 bits per heavy atom. The van der Waals surface area contributed by atoms with Gasteiger partial charge in [0.1, 0.15) is 0 Å². The van der Waals surface area contributed by atoms with E-state index in [1.807, 2.05) is 11.1 Å². The minimum atomic E-state index is -0.385. The molecule has 4 heterocycles. The van der Waals surface area contributed by atoms with E-state index in [-0.39, 0.29) is 11.2 Å². The lowest BCUT2D eigenvalue weighted by Crippen LogP contribution is -2.46. The summed E-state index contributed by atoms with van der Waals surface area (Å²) in [7, 11) is 0. The van der Waals surface area contributed by atoms with E-state index < -0.39 is 0 Å². The van der Waals surface area contributed by atoms with E-state index in [0.29, 0.717) is 44.0 Å². The number of nitrogen functional groups attached to an aromatic ring is 1. The highest BCUT2D eigenvalue weighted by molar-refractivity contribution is 5.47. The maximum Gasteiger partial charge on any atom is 0.227 e. The molecule has 1 atom stereocenters. The van der Waals surface area contributed by atoms with Crippen LogP contribution in [0.4, 0.5) is 22.1 Å². The first-order valence-electron chi connectivity index (χ1n) is 9.87.